The van der Waals surface area contributed by atoms with E-state index in [-0.39, 0.29) is 35.0 Å². The lowest BCUT2D eigenvalue weighted by Crippen LogP contribution is -2.46. The van der Waals surface area contributed by atoms with Gasteiger partial charge in [-0.05, 0) is 31.1 Å². The molecule has 2 amide bonds. The van der Waals surface area contributed by atoms with Crippen molar-refractivity contribution >= 4 is 33.4 Å². The molecule has 2 N–H and O–H groups in total. The normalized spacial score (nSPS) is 21.0. The summed E-state index contributed by atoms with van der Waals surface area (Å²) >= 11 is 0. The van der Waals surface area contributed by atoms with Crippen LogP contribution in [0.5, 0.6) is 0 Å². The van der Waals surface area contributed by atoms with Gasteiger partial charge < -0.3 is 15.5 Å². The quantitative estimate of drug-likeness (QED) is 0.754. The van der Waals surface area contributed by atoms with Gasteiger partial charge in [-0.2, -0.15) is 8.42 Å². The number of hydrogen-bond acceptors (Lipinski definition) is 5. The van der Waals surface area contributed by atoms with E-state index in [1.165, 1.54) is 12.1 Å². The molecule has 1 fully saturated rings. The van der Waals surface area contributed by atoms with Crippen molar-refractivity contribution in [3.8, 4) is 0 Å². The molecule has 8 nitrogen and oxygen atoms in total. The summed E-state index contributed by atoms with van der Waals surface area (Å²) in [5.74, 6) is -0.594. The first-order valence-electron chi connectivity index (χ1n) is 8.29. The number of para-hydroxylation sites is 1. The Balaban J connectivity index is 1.63. The van der Waals surface area contributed by atoms with Crippen LogP contribution < -0.4 is 10.6 Å². The minimum atomic E-state index is -3.78. The molecule has 1 unspecified atom stereocenters. The fraction of sp³-hybridized carbons (Fsp3) is 0.353. The summed E-state index contributed by atoms with van der Waals surface area (Å²) in [6.07, 6.45) is 2.65. The highest BCUT2D eigenvalue weighted by molar-refractivity contribution is 7.90. The summed E-state index contributed by atoms with van der Waals surface area (Å²) in [7, 11) is -3.78. The molecule has 2 aliphatic heterocycles. The number of sulfonamides is 1. The fourth-order valence-electron chi connectivity index (χ4n) is 3.08. The van der Waals surface area contributed by atoms with Gasteiger partial charge in [-0.15, -0.1) is 4.40 Å². The Hall–Kier alpha value is -2.68. The Morgan fingerprint density at radius 1 is 1.38 bits per heavy atom. The van der Waals surface area contributed by atoms with Gasteiger partial charge in [-0.25, -0.2) is 0 Å². The molecule has 0 aromatic heterocycles. The van der Waals surface area contributed by atoms with Crippen molar-refractivity contribution in [1.29, 1.82) is 0 Å². The maximum absolute atomic E-state index is 12.4. The second-order valence-electron chi connectivity index (χ2n) is 6.18. The summed E-state index contributed by atoms with van der Waals surface area (Å²) in [6, 6.07) is 6.46. The van der Waals surface area contributed by atoms with E-state index in [1.807, 2.05) is 0 Å². The number of nitrogens with zero attached hydrogens (tertiary/aromatic N) is 2. The zero-order valence-electron chi connectivity index (χ0n) is 14.1. The van der Waals surface area contributed by atoms with E-state index >= 15 is 0 Å². The number of piperidine rings is 1. The van der Waals surface area contributed by atoms with Crippen molar-refractivity contribution in [2.75, 3.05) is 25.0 Å². The second-order valence-corrected chi connectivity index (χ2v) is 7.75. The number of nitrogens with one attached hydrogen (secondary N) is 2. The molecule has 138 valence electrons. The van der Waals surface area contributed by atoms with Gasteiger partial charge in [0, 0.05) is 13.1 Å². The number of rotatable bonds is 4. The Bertz CT molecular complexity index is 879. The molecular weight excluding hydrogens is 356 g/mol. The molecule has 1 saturated heterocycles. The van der Waals surface area contributed by atoms with Crippen LogP contribution in [-0.2, 0) is 19.6 Å². The third-order valence-corrected chi connectivity index (χ3v) is 5.76. The van der Waals surface area contributed by atoms with Crippen molar-refractivity contribution in [3.63, 3.8) is 0 Å². The molecule has 0 aliphatic carbocycles. The van der Waals surface area contributed by atoms with Crippen molar-refractivity contribution < 1.29 is 18.0 Å². The predicted molar refractivity (Wildman–Crippen MR) is 97.2 cm³/mol. The number of hydrogen-bond donors (Lipinski definition) is 2. The maximum atomic E-state index is 12.4. The van der Waals surface area contributed by atoms with Gasteiger partial charge in [0.1, 0.15) is 10.7 Å². The van der Waals surface area contributed by atoms with E-state index in [9.17, 15) is 18.0 Å². The van der Waals surface area contributed by atoms with Crippen LogP contribution in [0.2, 0.25) is 0 Å². The molecular formula is C17H20N4O4S. The van der Waals surface area contributed by atoms with Gasteiger partial charge in [0.05, 0.1) is 18.2 Å². The second kappa shape index (κ2) is 7.28. The molecule has 0 saturated carbocycles. The average Bonchev–Trinajstić information content (AvgIpc) is 2.65. The van der Waals surface area contributed by atoms with Crippen molar-refractivity contribution in [1.82, 2.24) is 10.2 Å². The number of anilines is 1. The van der Waals surface area contributed by atoms with Crippen LogP contribution in [0.3, 0.4) is 0 Å². The van der Waals surface area contributed by atoms with E-state index in [0.29, 0.717) is 25.2 Å². The van der Waals surface area contributed by atoms with Crippen LogP contribution in [-0.4, -0.2) is 50.6 Å². The molecule has 1 aromatic carbocycles. The van der Waals surface area contributed by atoms with E-state index in [1.54, 1.807) is 23.1 Å². The van der Waals surface area contributed by atoms with Gasteiger partial charge >= 0.3 is 0 Å². The van der Waals surface area contributed by atoms with Crippen LogP contribution in [0, 0.1) is 5.92 Å². The first-order chi connectivity index (χ1) is 12.4. The molecule has 0 radical (unpaired) electrons. The van der Waals surface area contributed by atoms with E-state index in [4.69, 9.17) is 0 Å². The molecule has 26 heavy (non-hydrogen) atoms. The molecule has 2 heterocycles. The minimum Gasteiger partial charge on any atom is -0.349 e. The van der Waals surface area contributed by atoms with Crippen molar-refractivity contribution in [3.05, 3.63) is 36.9 Å². The Morgan fingerprint density at radius 2 is 2.15 bits per heavy atom. The first-order valence-corrected chi connectivity index (χ1v) is 9.73. The maximum Gasteiger partial charge on any atom is 0.286 e. The topological polar surface area (TPSA) is 108 Å². The molecule has 0 bridgehead atoms. The molecule has 9 heteroatoms. The van der Waals surface area contributed by atoms with E-state index < -0.39 is 10.0 Å². The Morgan fingerprint density at radius 3 is 2.92 bits per heavy atom. The average molecular weight is 376 g/mol. The lowest BCUT2D eigenvalue weighted by molar-refractivity contribution is -0.132. The van der Waals surface area contributed by atoms with Crippen LogP contribution in [0.15, 0.2) is 46.2 Å². The van der Waals surface area contributed by atoms with Crippen molar-refractivity contribution in [2.24, 2.45) is 10.3 Å². The molecule has 0 spiro atoms. The zero-order chi connectivity index (χ0) is 18.7. The van der Waals surface area contributed by atoms with Crippen LogP contribution in [0.4, 0.5) is 5.69 Å². The Labute approximate surface area is 152 Å². The predicted octanol–water partition coefficient (Wildman–Crippen LogP) is 0.740. The standard InChI is InChI=1S/C17H20N4O4S/c1-2-16(22)21-9-5-6-12(11-21)17(23)18-10-15-19-13-7-3-4-8-14(13)26(24,25)20-15/h2-4,7-8,12H,1,5-6,9-11H2,(H,18,23)(H,19,20). The summed E-state index contributed by atoms with van der Waals surface area (Å²) in [5, 5.41) is 5.63. The Kier molecular flexibility index (Phi) is 5.08. The summed E-state index contributed by atoms with van der Waals surface area (Å²) in [5.41, 5.74) is 0.437. The highest BCUT2D eigenvalue weighted by Crippen LogP contribution is 2.26. The molecule has 2 aliphatic rings. The monoisotopic (exact) mass is 376 g/mol. The smallest absolute Gasteiger partial charge is 0.286 e. The number of amidine groups is 1. The number of benzene rings is 1. The van der Waals surface area contributed by atoms with E-state index in [0.717, 1.165) is 6.42 Å². The SMILES string of the molecule is C=CC(=O)N1CCCC(C(=O)NCC2=NS(=O)(=O)c3ccccc3N2)C1. The number of carbonyl (C=O) groups excluding carboxylic acids is 2. The summed E-state index contributed by atoms with van der Waals surface area (Å²) in [4.78, 5) is 25.8. The highest BCUT2D eigenvalue weighted by Gasteiger charge is 2.28. The summed E-state index contributed by atoms with van der Waals surface area (Å²) < 4.78 is 28.1. The van der Waals surface area contributed by atoms with Gasteiger partial charge in [0.15, 0.2) is 0 Å². The van der Waals surface area contributed by atoms with Crippen LogP contribution >= 0.6 is 0 Å². The number of carbonyl (C=O) groups is 2. The number of likely N-dealkylation sites (tertiary alicyclic amines) is 1. The minimum absolute atomic E-state index is 0.0295. The molecule has 1 aromatic rings. The lowest BCUT2D eigenvalue weighted by atomic mass is 9.97. The first kappa shape index (κ1) is 18.1. The third-order valence-electron chi connectivity index (χ3n) is 4.38. The number of amides is 2. The molecule has 1 atom stereocenters. The highest BCUT2D eigenvalue weighted by atomic mass is 32.2. The fourth-order valence-corrected chi connectivity index (χ4v) is 4.23. The number of fused-ring (bicyclic) bond motifs is 1. The van der Waals surface area contributed by atoms with Gasteiger partial charge in [-0.3, -0.25) is 9.59 Å². The van der Waals surface area contributed by atoms with Gasteiger partial charge in [-0.1, -0.05) is 18.7 Å². The summed E-state index contributed by atoms with van der Waals surface area (Å²) in [6.45, 7) is 4.37. The van der Waals surface area contributed by atoms with Gasteiger partial charge in [0.25, 0.3) is 10.0 Å². The van der Waals surface area contributed by atoms with Gasteiger partial charge in [0.2, 0.25) is 11.8 Å². The van der Waals surface area contributed by atoms with Crippen LogP contribution in [0.25, 0.3) is 0 Å². The zero-order valence-corrected chi connectivity index (χ0v) is 15.0. The van der Waals surface area contributed by atoms with Crippen molar-refractivity contribution in [2.45, 2.75) is 17.7 Å². The largest absolute Gasteiger partial charge is 0.349 e. The van der Waals surface area contributed by atoms with Crippen LogP contribution in [0.1, 0.15) is 12.8 Å². The lowest BCUT2D eigenvalue weighted by Gasteiger charge is -2.31. The van der Waals surface area contributed by atoms with E-state index in [2.05, 4.69) is 21.6 Å². The molecule has 3 rings (SSSR count). The third kappa shape index (κ3) is 3.77.